The van der Waals surface area contributed by atoms with Crippen molar-refractivity contribution in [3.8, 4) is 0 Å². The Hall–Kier alpha value is -0.530. The molecule has 1 aliphatic carbocycles. The van der Waals surface area contributed by atoms with Gasteiger partial charge in [0.25, 0.3) is 0 Å². The van der Waals surface area contributed by atoms with E-state index < -0.39 is 0 Å². The lowest BCUT2D eigenvalue weighted by molar-refractivity contribution is -0.119. The van der Waals surface area contributed by atoms with Crippen molar-refractivity contribution in [2.24, 2.45) is 11.3 Å². The average molecular weight is 169 g/mol. The van der Waals surface area contributed by atoms with E-state index in [1.165, 1.54) is 19.3 Å². The Morgan fingerprint density at radius 2 is 2.25 bits per heavy atom. The van der Waals surface area contributed by atoms with Crippen molar-refractivity contribution in [2.75, 3.05) is 6.54 Å². The minimum atomic E-state index is 0.0951. The molecule has 0 radical (unpaired) electrons. The molecule has 1 atom stereocenters. The van der Waals surface area contributed by atoms with Gasteiger partial charge in [-0.05, 0) is 24.2 Å². The van der Waals surface area contributed by atoms with E-state index in [0.29, 0.717) is 11.3 Å². The third-order valence-corrected chi connectivity index (χ3v) is 3.08. The predicted molar refractivity (Wildman–Crippen MR) is 49.8 cm³/mol. The first-order valence-electron chi connectivity index (χ1n) is 4.77. The maximum atomic E-state index is 10.7. The largest absolute Gasteiger partial charge is 0.356 e. The zero-order valence-corrected chi connectivity index (χ0v) is 8.31. The van der Waals surface area contributed by atoms with Crippen LogP contribution in [0.15, 0.2) is 0 Å². The van der Waals surface area contributed by atoms with E-state index in [1.54, 1.807) is 6.92 Å². The zero-order chi connectivity index (χ0) is 9.19. The summed E-state index contributed by atoms with van der Waals surface area (Å²) in [6.45, 7) is 7.04. The Kier molecular flexibility index (Phi) is 2.76. The van der Waals surface area contributed by atoms with Gasteiger partial charge in [-0.15, -0.1) is 0 Å². The van der Waals surface area contributed by atoms with E-state index >= 15 is 0 Å². The summed E-state index contributed by atoms with van der Waals surface area (Å²) in [5, 5.41) is 2.90. The Labute approximate surface area is 74.7 Å². The maximum Gasteiger partial charge on any atom is 0.216 e. The second kappa shape index (κ2) is 3.46. The standard InChI is InChI=1S/C10H19NO/c1-8(12)11-7-9-5-4-6-10(9,2)3/h9H,4-7H2,1-3H3,(H,11,12). The lowest BCUT2D eigenvalue weighted by atomic mass is 9.82. The molecule has 1 rings (SSSR count). The monoisotopic (exact) mass is 169 g/mol. The molecule has 1 unspecified atom stereocenters. The number of amides is 1. The Balaban J connectivity index is 2.36. The first-order chi connectivity index (χ1) is 5.52. The quantitative estimate of drug-likeness (QED) is 0.672. The van der Waals surface area contributed by atoms with Gasteiger partial charge in [0.15, 0.2) is 0 Å². The number of carbonyl (C=O) groups is 1. The van der Waals surface area contributed by atoms with Gasteiger partial charge in [0.2, 0.25) is 5.91 Å². The average Bonchev–Trinajstić information content (AvgIpc) is 2.25. The normalized spacial score (nSPS) is 27.1. The van der Waals surface area contributed by atoms with Gasteiger partial charge >= 0.3 is 0 Å². The Bertz CT molecular complexity index is 175. The molecule has 1 N–H and O–H groups in total. The molecule has 2 heteroatoms. The van der Waals surface area contributed by atoms with Crippen LogP contribution in [0.25, 0.3) is 0 Å². The highest BCUT2D eigenvalue weighted by atomic mass is 16.1. The third-order valence-electron chi connectivity index (χ3n) is 3.08. The summed E-state index contributed by atoms with van der Waals surface area (Å²) in [6, 6.07) is 0. The molecule has 0 bridgehead atoms. The fourth-order valence-corrected chi connectivity index (χ4v) is 2.04. The van der Waals surface area contributed by atoms with Crippen molar-refractivity contribution in [1.82, 2.24) is 5.32 Å². The van der Waals surface area contributed by atoms with Gasteiger partial charge in [0, 0.05) is 13.5 Å². The molecular weight excluding hydrogens is 150 g/mol. The lowest BCUT2D eigenvalue weighted by Gasteiger charge is -2.26. The summed E-state index contributed by atoms with van der Waals surface area (Å²) < 4.78 is 0. The molecule has 0 spiro atoms. The third kappa shape index (κ3) is 2.23. The first-order valence-corrected chi connectivity index (χ1v) is 4.77. The molecule has 1 saturated carbocycles. The molecule has 1 amide bonds. The van der Waals surface area contributed by atoms with Crippen molar-refractivity contribution < 1.29 is 4.79 Å². The molecule has 0 aliphatic heterocycles. The van der Waals surface area contributed by atoms with Crippen LogP contribution in [0.5, 0.6) is 0 Å². The van der Waals surface area contributed by atoms with Gasteiger partial charge < -0.3 is 5.32 Å². The van der Waals surface area contributed by atoms with Crippen molar-refractivity contribution in [1.29, 1.82) is 0 Å². The highest BCUT2D eigenvalue weighted by Crippen LogP contribution is 2.41. The van der Waals surface area contributed by atoms with Gasteiger partial charge in [-0.3, -0.25) is 4.79 Å². The lowest BCUT2D eigenvalue weighted by Crippen LogP contribution is -2.32. The Morgan fingerprint density at radius 1 is 1.58 bits per heavy atom. The van der Waals surface area contributed by atoms with Crippen LogP contribution in [-0.2, 0) is 4.79 Å². The van der Waals surface area contributed by atoms with Crippen molar-refractivity contribution in [3.63, 3.8) is 0 Å². The van der Waals surface area contributed by atoms with Gasteiger partial charge in [-0.2, -0.15) is 0 Å². The summed E-state index contributed by atoms with van der Waals surface area (Å²) in [5.41, 5.74) is 0.433. The zero-order valence-electron chi connectivity index (χ0n) is 8.31. The van der Waals surface area contributed by atoms with E-state index in [1.807, 2.05) is 0 Å². The van der Waals surface area contributed by atoms with Crippen LogP contribution < -0.4 is 5.32 Å². The minimum absolute atomic E-state index is 0.0951. The number of rotatable bonds is 2. The second-order valence-electron chi connectivity index (χ2n) is 4.51. The van der Waals surface area contributed by atoms with E-state index in [4.69, 9.17) is 0 Å². The van der Waals surface area contributed by atoms with Crippen LogP contribution in [0.2, 0.25) is 0 Å². The number of carbonyl (C=O) groups excluding carboxylic acids is 1. The summed E-state index contributed by atoms with van der Waals surface area (Å²) in [6.07, 6.45) is 3.89. The summed E-state index contributed by atoms with van der Waals surface area (Å²) >= 11 is 0. The van der Waals surface area contributed by atoms with Crippen LogP contribution in [-0.4, -0.2) is 12.5 Å². The van der Waals surface area contributed by atoms with Gasteiger partial charge in [-0.1, -0.05) is 20.3 Å². The molecule has 0 aromatic rings. The minimum Gasteiger partial charge on any atom is -0.356 e. The van der Waals surface area contributed by atoms with Gasteiger partial charge in [0.1, 0.15) is 0 Å². The van der Waals surface area contributed by atoms with Crippen molar-refractivity contribution in [3.05, 3.63) is 0 Å². The number of nitrogens with one attached hydrogen (secondary N) is 1. The number of hydrogen-bond donors (Lipinski definition) is 1. The molecule has 12 heavy (non-hydrogen) atoms. The fraction of sp³-hybridized carbons (Fsp3) is 0.900. The first kappa shape index (κ1) is 9.56. The smallest absolute Gasteiger partial charge is 0.216 e. The fourth-order valence-electron chi connectivity index (χ4n) is 2.04. The molecular formula is C10H19NO. The van der Waals surface area contributed by atoms with Gasteiger partial charge in [0.05, 0.1) is 0 Å². The Morgan fingerprint density at radius 3 is 2.67 bits per heavy atom. The highest BCUT2D eigenvalue weighted by molar-refractivity contribution is 5.72. The van der Waals surface area contributed by atoms with Crippen LogP contribution in [0, 0.1) is 11.3 Å². The molecule has 0 aromatic heterocycles. The van der Waals surface area contributed by atoms with Crippen LogP contribution in [0.1, 0.15) is 40.0 Å². The molecule has 0 aromatic carbocycles. The molecule has 0 saturated heterocycles. The van der Waals surface area contributed by atoms with Crippen LogP contribution >= 0.6 is 0 Å². The van der Waals surface area contributed by atoms with Crippen molar-refractivity contribution >= 4 is 5.91 Å². The van der Waals surface area contributed by atoms with E-state index in [2.05, 4.69) is 19.2 Å². The van der Waals surface area contributed by atoms with E-state index in [0.717, 1.165) is 6.54 Å². The topological polar surface area (TPSA) is 29.1 Å². The highest BCUT2D eigenvalue weighted by Gasteiger charge is 2.33. The maximum absolute atomic E-state index is 10.7. The number of hydrogen-bond acceptors (Lipinski definition) is 1. The van der Waals surface area contributed by atoms with E-state index in [9.17, 15) is 4.79 Å². The summed E-state index contributed by atoms with van der Waals surface area (Å²) in [7, 11) is 0. The van der Waals surface area contributed by atoms with E-state index in [-0.39, 0.29) is 5.91 Å². The summed E-state index contributed by atoms with van der Waals surface area (Å²) in [5.74, 6) is 0.777. The predicted octanol–water partition coefficient (Wildman–Crippen LogP) is 1.95. The molecule has 2 nitrogen and oxygen atoms in total. The van der Waals surface area contributed by atoms with Crippen LogP contribution in [0.3, 0.4) is 0 Å². The molecule has 70 valence electrons. The molecule has 1 aliphatic rings. The van der Waals surface area contributed by atoms with Gasteiger partial charge in [-0.25, -0.2) is 0 Å². The van der Waals surface area contributed by atoms with Crippen molar-refractivity contribution in [2.45, 2.75) is 40.0 Å². The molecule has 1 fully saturated rings. The van der Waals surface area contributed by atoms with Crippen LogP contribution in [0.4, 0.5) is 0 Å². The SMILES string of the molecule is CC(=O)NCC1CCCC1(C)C. The summed E-state index contributed by atoms with van der Waals surface area (Å²) in [4.78, 5) is 10.7. The molecule has 0 heterocycles. The second-order valence-corrected chi connectivity index (χ2v) is 4.51.